The highest BCUT2D eigenvalue weighted by molar-refractivity contribution is 5.29. The van der Waals surface area contributed by atoms with E-state index in [0.717, 1.165) is 13.0 Å². The summed E-state index contributed by atoms with van der Waals surface area (Å²) in [5.74, 6) is -4.51. The number of aryl methyl sites for hydroxylation is 1. The van der Waals surface area contributed by atoms with Gasteiger partial charge in [0.05, 0.1) is 5.56 Å². The van der Waals surface area contributed by atoms with Crippen molar-refractivity contribution < 1.29 is 18.3 Å². The molecule has 0 heterocycles. The maximum atomic E-state index is 13.3. The summed E-state index contributed by atoms with van der Waals surface area (Å²) in [5.41, 5.74) is -0.615. The lowest BCUT2D eigenvalue weighted by atomic mass is 10.0. The Kier molecular flexibility index (Phi) is 2.85. The third-order valence-electron chi connectivity index (χ3n) is 2.08. The number of aliphatic hydroxyl groups excluding tert-OH is 1. The van der Waals surface area contributed by atoms with Crippen LogP contribution in [0.3, 0.4) is 0 Å². The van der Waals surface area contributed by atoms with Crippen LogP contribution < -0.4 is 0 Å². The third kappa shape index (κ3) is 1.75. The molecule has 0 amide bonds. The Balaban J connectivity index is 3.26. The summed E-state index contributed by atoms with van der Waals surface area (Å²) in [5, 5.41) is 8.83. The van der Waals surface area contributed by atoms with Crippen molar-refractivity contribution in [1.29, 1.82) is 0 Å². The fraction of sp³-hybridized carbons (Fsp3) is 0.400. The van der Waals surface area contributed by atoms with Gasteiger partial charge in [-0.1, -0.05) is 12.1 Å². The molecule has 1 rings (SSSR count). The zero-order valence-electron chi connectivity index (χ0n) is 7.89. The first-order chi connectivity index (χ1) is 6.37. The van der Waals surface area contributed by atoms with E-state index in [-0.39, 0.29) is 5.56 Å². The van der Waals surface area contributed by atoms with E-state index >= 15 is 0 Å². The summed E-state index contributed by atoms with van der Waals surface area (Å²) < 4.78 is 39.7. The first-order valence-corrected chi connectivity index (χ1v) is 4.19. The number of halogens is 3. The molecule has 14 heavy (non-hydrogen) atoms. The molecule has 1 atom stereocenters. The fourth-order valence-corrected chi connectivity index (χ4v) is 1.13. The van der Waals surface area contributed by atoms with Gasteiger partial charge in [0.1, 0.15) is 11.9 Å². The van der Waals surface area contributed by atoms with Crippen LogP contribution in [0.5, 0.6) is 0 Å². The summed E-state index contributed by atoms with van der Waals surface area (Å²) >= 11 is 0. The van der Waals surface area contributed by atoms with E-state index in [0.29, 0.717) is 0 Å². The van der Waals surface area contributed by atoms with Crippen LogP contribution in [0.25, 0.3) is 0 Å². The van der Waals surface area contributed by atoms with Crippen molar-refractivity contribution in [1.82, 2.24) is 0 Å². The minimum atomic E-state index is -3.55. The normalized spacial score (nSPS) is 14.1. The molecule has 4 heteroatoms. The lowest BCUT2D eigenvalue weighted by molar-refractivity contribution is -0.108. The summed E-state index contributed by atoms with van der Waals surface area (Å²) in [4.78, 5) is 0. The van der Waals surface area contributed by atoms with Crippen LogP contribution in [0, 0.1) is 12.7 Å². The van der Waals surface area contributed by atoms with E-state index in [9.17, 15) is 13.2 Å². The van der Waals surface area contributed by atoms with Gasteiger partial charge in [0.15, 0.2) is 0 Å². The van der Waals surface area contributed by atoms with Crippen LogP contribution in [0.15, 0.2) is 18.2 Å². The van der Waals surface area contributed by atoms with Crippen LogP contribution in [-0.2, 0) is 5.92 Å². The maximum absolute atomic E-state index is 13.3. The smallest absolute Gasteiger partial charge is 0.301 e. The quantitative estimate of drug-likeness (QED) is 0.785. The minimum absolute atomic E-state index is 0.142. The molecule has 0 unspecified atom stereocenters. The van der Waals surface area contributed by atoms with Crippen LogP contribution in [0.2, 0.25) is 0 Å². The van der Waals surface area contributed by atoms with Gasteiger partial charge < -0.3 is 5.11 Å². The van der Waals surface area contributed by atoms with Crippen molar-refractivity contribution in [3.63, 3.8) is 0 Å². The van der Waals surface area contributed by atoms with Gasteiger partial charge >= 0.3 is 5.92 Å². The average Bonchev–Trinajstić information content (AvgIpc) is 2.09. The molecular weight excluding hydrogens is 193 g/mol. The first-order valence-electron chi connectivity index (χ1n) is 4.19. The van der Waals surface area contributed by atoms with Crippen molar-refractivity contribution in [2.24, 2.45) is 0 Å². The molecule has 0 saturated heterocycles. The fourth-order valence-electron chi connectivity index (χ4n) is 1.13. The maximum Gasteiger partial charge on any atom is 0.301 e. The monoisotopic (exact) mass is 204 g/mol. The predicted molar refractivity (Wildman–Crippen MR) is 46.7 cm³/mol. The zero-order chi connectivity index (χ0) is 10.9. The van der Waals surface area contributed by atoms with Crippen molar-refractivity contribution in [3.8, 4) is 0 Å². The topological polar surface area (TPSA) is 20.2 Å². The molecule has 1 nitrogen and oxygen atoms in total. The Morgan fingerprint density at radius 1 is 1.36 bits per heavy atom. The van der Waals surface area contributed by atoms with Crippen LogP contribution in [-0.4, -0.2) is 11.2 Å². The Labute approximate surface area is 80.2 Å². The average molecular weight is 204 g/mol. The highest BCUT2D eigenvalue weighted by Gasteiger charge is 2.40. The summed E-state index contributed by atoms with van der Waals surface area (Å²) in [6, 6.07) is 3.72. The van der Waals surface area contributed by atoms with Crippen LogP contribution >= 0.6 is 0 Å². The molecule has 0 aliphatic carbocycles. The second kappa shape index (κ2) is 3.61. The lowest BCUT2D eigenvalue weighted by Gasteiger charge is -2.20. The summed E-state index contributed by atoms with van der Waals surface area (Å²) in [6.45, 7) is 2.33. The van der Waals surface area contributed by atoms with Crippen molar-refractivity contribution >= 4 is 0 Å². The highest BCUT2D eigenvalue weighted by Crippen LogP contribution is 2.34. The second-order valence-corrected chi connectivity index (χ2v) is 3.24. The van der Waals surface area contributed by atoms with Crippen molar-refractivity contribution in [3.05, 3.63) is 35.1 Å². The molecule has 0 saturated carbocycles. The van der Waals surface area contributed by atoms with Gasteiger partial charge in [-0.05, 0) is 25.5 Å². The molecule has 0 spiro atoms. The highest BCUT2D eigenvalue weighted by atomic mass is 19.3. The van der Waals surface area contributed by atoms with Gasteiger partial charge in [-0.2, -0.15) is 8.78 Å². The molecule has 1 aromatic rings. The van der Waals surface area contributed by atoms with Gasteiger partial charge in [-0.15, -0.1) is 0 Å². The van der Waals surface area contributed by atoms with Crippen molar-refractivity contribution in [2.75, 3.05) is 0 Å². The van der Waals surface area contributed by atoms with E-state index in [4.69, 9.17) is 5.11 Å². The van der Waals surface area contributed by atoms with Crippen LogP contribution in [0.1, 0.15) is 18.1 Å². The van der Waals surface area contributed by atoms with Crippen LogP contribution in [0.4, 0.5) is 13.2 Å². The standard InChI is InChI=1S/C10H11F3O/c1-6-4-3-5-8(9(6)11)10(12,13)7(2)14/h3-5,7,14H,1-2H3/t7-/m1/s1. The van der Waals surface area contributed by atoms with E-state index < -0.39 is 23.4 Å². The number of hydrogen-bond acceptors (Lipinski definition) is 1. The van der Waals surface area contributed by atoms with E-state index in [1.165, 1.54) is 19.1 Å². The third-order valence-corrected chi connectivity index (χ3v) is 2.08. The van der Waals surface area contributed by atoms with Gasteiger partial charge in [0.2, 0.25) is 0 Å². The Bertz CT molecular complexity index is 334. The first kappa shape index (κ1) is 11.0. The minimum Gasteiger partial charge on any atom is -0.387 e. The second-order valence-electron chi connectivity index (χ2n) is 3.24. The molecule has 0 fully saturated rings. The van der Waals surface area contributed by atoms with E-state index in [1.807, 2.05) is 0 Å². The summed E-state index contributed by atoms with van der Waals surface area (Å²) in [6.07, 6.45) is -1.90. The van der Waals surface area contributed by atoms with Gasteiger partial charge in [-0.25, -0.2) is 4.39 Å². The molecular formula is C10H11F3O. The number of alkyl halides is 2. The number of hydrogen-bond donors (Lipinski definition) is 1. The number of benzene rings is 1. The largest absolute Gasteiger partial charge is 0.387 e. The Hall–Kier alpha value is -1.03. The number of aliphatic hydroxyl groups is 1. The molecule has 78 valence electrons. The van der Waals surface area contributed by atoms with Crippen molar-refractivity contribution in [2.45, 2.75) is 25.9 Å². The van der Waals surface area contributed by atoms with Gasteiger partial charge in [-0.3, -0.25) is 0 Å². The molecule has 1 N–H and O–H groups in total. The Morgan fingerprint density at radius 3 is 2.43 bits per heavy atom. The molecule has 0 aliphatic rings. The van der Waals surface area contributed by atoms with E-state index in [2.05, 4.69) is 0 Å². The predicted octanol–water partition coefficient (Wildman–Crippen LogP) is 2.61. The number of rotatable bonds is 2. The molecule has 0 aliphatic heterocycles. The molecule has 0 radical (unpaired) electrons. The van der Waals surface area contributed by atoms with Gasteiger partial charge in [0.25, 0.3) is 0 Å². The zero-order valence-corrected chi connectivity index (χ0v) is 7.89. The Morgan fingerprint density at radius 2 is 1.93 bits per heavy atom. The molecule has 0 aromatic heterocycles. The lowest BCUT2D eigenvalue weighted by Crippen LogP contribution is -2.29. The van der Waals surface area contributed by atoms with E-state index in [1.54, 1.807) is 0 Å². The summed E-state index contributed by atoms with van der Waals surface area (Å²) in [7, 11) is 0. The molecule has 0 bridgehead atoms. The molecule has 1 aromatic carbocycles. The SMILES string of the molecule is Cc1cccc(C(F)(F)[C@@H](C)O)c1F. The van der Waals surface area contributed by atoms with Gasteiger partial charge in [0, 0.05) is 0 Å².